The Morgan fingerprint density at radius 2 is 1.92 bits per heavy atom. The predicted molar refractivity (Wildman–Crippen MR) is 82.8 cm³/mol. The number of alkyl halides is 3. The molecule has 130 valence electrons. The first-order chi connectivity index (χ1) is 11.1. The molecular formula is C15H13Cl2F3N2O2. The lowest BCUT2D eigenvalue weighted by Gasteiger charge is -2.32. The van der Waals surface area contributed by atoms with Crippen LogP contribution in [0.5, 0.6) is 0 Å². The van der Waals surface area contributed by atoms with Gasteiger partial charge < -0.3 is 5.11 Å². The molecule has 0 radical (unpaired) electrons. The molecule has 3 rings (SSSR count). The van der Waals surface area contributed by atoms with Gasteiger partial charge in [-0.25, -0.2) is 0 Å². The standard InChI is InChI=1S/C15H13Cl2F3N2O2/c16-10-2-1-3-11(17)9(10)6-13(23)22-14(24,15(18,19)20)7-12(21-22)8-4-5-8/h1-3,8,24H,4-7H2/t14-/m1/s1. The maximum Gasteiger partial charge on any atom is 0.438 e. The van der Waals surface area contributed by atoms with Gasteiger partial charge in [0.15, 0.2) is 0 Å². The molecule has 0 aromatic heterocycles. The van der Waals surface area contributed by atoms with Gasteiger partial charge in [0.05, 0.1) is 6.42 Å². The highest BCUT2D eigenvalue weighted by Gasteiger charge is 2.64. The zero-order chi connectivity index (χ0) is 17.7. The number of benzene rings is 1. The molecular weight excluding hydrogens is 368 g/mol. The van der Waals surface area contributed by atoms with Crippen LogP contribution in [0.2, 0.25) is 10.0 Å². The van der Waals surface area contributed by atoms with E-state index in [-0.39, 0.29) is 32.2 Å². The second-order valence-electron chi connectivity index (χ2n) is 5.94. The third kappa shape index (κ3) is 3.00. The normalized spacial score (nSPS) is 24.2. The minimum Gasteiger partial charge on any atom is -0.362 e. The molecule has 2 aliphatic rings. The lowest BCUT2D eigenvalue weighted by molar-refractivity contribution is -0.302. The molecule has 4 nitrogen and oxygen atoms in total. The fourth-order valence-corrected chi connectivity index (χ4v) is 3.16. The Morgan fingerprint density at radius 1 is 1.33 bits per heavy atom. The highest BCUT2D eigenvalue weighted by molar-refractivity contribution is 6.36. The number of carbonyl (C=O) groups excluding carboxylic acids is 1. The third-order valence-electron chi connectivity index (χ3n) is 4.13. The fourth-order valence-electron chi connectivity index (χ4n) is 2.63. The van der Waals surface area contributed by atoms with Crippen LogP contribution in [-0.4, -0.2) is 33.6 Å². The smallest absolute Gasteiger partial charge is 0.362 e. The van der Waals surface area contributed by atoms with E-state index in [1.165, 1.54) is 12.1 Å². The average molecular weight is 381 g/mol. The Bertz CT molecular complexity index is 699. The van der Waals surface area contributed by atoms with Crippen molar-refractivity contribution >= 4 is 34.8 Å². The van der Waals surface area contributed by atoms with E-state index in [1.54, 1.807) is 6.07 Å². The number of carbonyl (C=O) groups is 1. The van der Waals surface area contributed by atoms with Gasteiger partial charge in [0.25, 0.3) is 5.72 Å². The summed E-state index contributed by atoms with van der Waals surface area (Å²) in [6, 6.07) is 4.52. The summed E-state index contributed by atoms with van der Waals surface area (Å²) in [6.45, 7) is 0. The Balaban J connectivity index is 1.91. The Kier molecular flexibility index (Phi) is 4.30. The van der Waals surface area contributed by atoms with E-state index in [9.17, 15) is 23.1 Å². The molecule has 1 fully saturated rings. The zero-order valence-electron chi connectivity index (χ0n) is 12.3. The molecule has 1 aliphatic carbocycles. The summed E-state index contributed by atoms with van der Waals surface area (Å²) in [6.07, 6.45) is -4.80. The van der Waals surface area contributed by atoms with Crippen molar-refractivity contribution in [1.82, 2.24) is 5.01 Å². The molecule has 24 heavy (non-hydrogen) atoms. The molecule has 1 aromatic rings. The second kappa shape index (κ2) is 5.89. The van der Waals surface area contributed by atoms with Crippen molar-refractivity contribution in [1.29, 1.82) is 0 Å². The maximum absolute atomic E-state index is 13.3. The van der Waals surface area contributed by atoms with Crippen molar-refractivity contribution in [2.45, 2.75) is 37.6 Å². The molecule has 1 amide bonds. The quantitative estimate of drug-likeness (QED) is 0.867. The molecule has 0 bridgehead atoms. The van der Waals surface area contributed by atoms with Gasteiger partial charge in [0.2, 0.25) is 5.91 Å². The molecule has 1 aliphatic heterocycles. The van der Waals surface area contributed by atoms with Gasteiger partial charge in [0, 0.05) is 22.2 Å². The highest BCUT2D eigenvalue weighted by atomic mass is 35.5. The molecule has 1 atom stereocenters. The summed E-state index contributed by atoms with van der Waals surface area (Å²) >= 11 is 11.9. The van der Waals surface area contributed by atoms with E-state index in [0.29, 0.717) is 12.8 Å². The molecule has 0 spiro atoms. The molecule has 1 saturated carbocycles. The molecule has 1 N–H and O–H groups in total. The molecule has 0 unspecified atom stereocenters. The summed E-state index contributed by atoms with van der Waals surface area (Å²) in [7, 11) is 0. The van der Waals surface area contributed by atoms with E-state index >= 15 is 0 Å². The van der Waals surface area contributed by atoms with Crippen LogP contribution in [0, 0.1) is 5.92 Å². The summed E-state index contributed by atoms with van der Waals surface area (Å²) < 4.78 is 40.0. The van der Waals surface area contributed by atoms with Crippen molar-refractivity contribution < 1.29 is 23.1 Å². The van der Waals surface area contributed by atoms with Crippen LogP contribution in [0.15, 0.2) is 23.3 Å². The monoisotopic (exact) mass is 380 g/mol. The number of halogens is 5. The van der Waals surface area contributed by atoms with Gasteiger partial charge in [-0.05, 0) is 36.5 Å². The van der Waals surface area contributed by atoms with Crippen molar-refractivity contribution in [3.8, 4) is 0 Å². The van der Waals surface area contributed by atoms with Crippen LogP contribution in [0.25, 0.3) is 0 Å². The van der Waals surface area contributed by atoms with Crippen molar-refractivity contribution in [2.24, 2.45) is 11.0 Å². The van der Waals surface area contributed by atoms with E-state index < -0.39 is 30.7 Å². The lowest BCUT2D eigenvalue weighted by atomic mass is 10.0. The van der Waals surface area contributed by atoms with Gasteiger partial charge in [0.1, 0.15) is 0 Å². The lowest BCUT2D eigenvalue weighted by Crippen LogP contribution is -2.57. The van der Waals surface area contributed by atoms with Crippen LogP contribution in [0.3, 0.4) is 0 Å². The number of hydrazone groups is 1. The number of hydrogen-bond donors (Lipinski definition) is 1. The SMILES string of the molecule is O=C(Cc1c(Cl)cccc1Cl)N1N=C(C2CC2)C[C@@]1(O)C(F)(F)F. The van der Waals surface area contributed by atoms with E-state index in [2.05, 4.69) is 5.10 Å². The van der Waals surface area contributed by atoms with Crippen LogP contribution in [0.4, 0.5) is 13.2 Å². The Labute approximate surface area is 145 Å². The largest absolute Gasteiger partial charge is 0.438 e. The number of amides is 1. The summed E-state index contributed by atoms with van der Waals surface area (Å²) in [5, 5.41) is 14.4. The minimum atomic E-state index is -5.02. The second-order valence-corrected chi connectivity index (χ2v) is 6.75. The molecule has 9 heteroatoms. The Morgan fingerprint density at radius 3 is 2.42 bits per heavy atom. The van der Waals surface area contributed by atoms with Gasteiger partial charge in [-0.1, -0.05) is 29.3 Å². The number of nitrogens with zero attached hydrogens (tertiary/aromatic N) is 2. The van der Waals surface area contributed by atoms with Gasteiger partial charge in [-0.15, -0.1) is 0 Å². The summed E-state index contributed by atoms with van der Waals surface area (Å²) in [4.78, 5) is 12.4. The number of aliphatic hydroxyl groups is 1. The van der Waals surface area contributed by atoms with Crippen LogP contribution in [-0.2, 0) is 11.2 Å². The maximum atomic E-state index is 13.3. The highest BCUT2D eigenvalue weighted by Crippen LogP contribution is 2.45. The van der Waals surface area contributed by atoms with Crippen LogP contribution >= 0.6 is 23.2 Å². The number of hydrogen-bond acceptors (Lipinski definition) is 3. The topological polar surface area (TPSA) is 52.9 Å². The van der Waals surface area contributed by atoms with E-state index in [0.717, 1.165) is 0 Å². The van der Waals surface area contributed by atoms with Gasteiger partial charge in [-0.3, -0.25) is 4.79 Å². The summed E-state index contributed by atoms with van der Waals surface area (Å²) in [5.41, 5.74) is -2.92. The van der Waals surface area contributed by atoms with Crippen molar-refractivity contribution in [3.05, 3.63) is 33.8 Å². The minimum absolute atomic E-state index is 0.0967. The van der Waals surface area contributed by atoms with Crippen molar-refractivity contribution in [3.63, 3.8) is 0 Å². The zero-order valence-corrected chi connectivity index (χ0v) is 13.8. The van der Waals surface area contributed by atoms with Gasteiger partial charge >= 0.3 is 6.18 Å². The van der Waals surface area contributed by atoms with E-state index in [4.69, 9.17) is 23.2 Å². The Hall–Kier alpha value is -1.31. The molecule has 1 aromatic carbocycles. The van der Waals surface area contributed by atoms with Crippen molar-refractivity contribution in [2.75, 3.05) is 0 Å². The molecule has 0 saturated heterocycles. The first-order valence-corrected chi connectivity index (χ1v) is 8.01. The average Bonchev–Trinajstić information content (AvgIpc) is 3.25. The van der Waals surface area contributed by atoms with E-state index in [1.807, 2.05) is 0 Å². The number of rotatable bonds is 3. The molecule has 1 heterocycles. The van der Waals surface area contributed by atoms with Gasteiger partial charge in [-0.2, -0.15) is 23.3 Å². The van der Waals surface area contributed by atoms with Crippen LogP contribution in [0.1, 0.15) is 24.8 Å². The predicted octanol–water partition coefficient (Wildman–Crippen LogP) is 3.79. The first-order valence-electron chi connectivity index (χ1n) is 7.26. The summed E-state index contributed by atoms with van der Waals surface area (Å²) in [5.74, 6) is -1.11. The third-order valence-corrected chi connectivity index (χ3v) is 4.84. The fraction of sp³-hybridized carbons (Fsp3) is 0.467. The van der Waals surface area contributed by atoms with Crippen LogP contribution < -0.4 is 0 Å². The first kappa shape index (κ1) is 17.5.